The molecule has 2 atom stereocenters. The topological polar surface area (TPSA) is 95.8 Å². The highest BCUT2D eigenvalue weighted by molar-refractivity contribution is 7.89. The minimum absolute atomic E-state index is 0.0877. The molecule has 0 bridgehead atoms. The van der Waals surface area contributed by atoms with Crippen LogP contribution in [0.25, 0.3) is 0 Å². The van der Waals surface area contributed by atoms with Crippen LogP contribution in [0.4, 0.5) is 0 Å². The number of rotatable bonds is 7. The molecule has 2 unspecified atom stereocenters. The van der Waals surface area contributed by atoms with Gasteiger partial charge in [0.05, 0.1) is 12.0 Å². The lowest BCUT2D eigenvalue weighted by atomic mass is 9.98. The Morgan fingerprint density at radius 3 is 2.79 bits per heavy atom. The Bertz CT molecular complexity index is 918. The second-order valence-corrected chi connectivity index (χ2v) is 10.4. The number of carbonyl (C=O) groups excluding carboxylic acids is 1. The highest BCUT2D eigenvalue weighted by Crippen LogP contribution is 2.28. The van der Waals surface area contributed by atoms with Crippen LogP contribution >= 0.6 is 11.3 Å². The zero-order valence-corrected chi connectivity index (χ0v) is 18.8. The lowest BCUT2D eigenvalue weighted by Crippen LogP contribution is -2.46. The van der Waals surface area contributed by atoms with E-state index in [1.165, 1.54) is 9.18 Å². The second-order valence-electron chi connectivity index (χ2n) is 7.60. The molecule has 1 amide bonds. The molecule has 1 fully saturated rings. The van der Waals surface area contributed by atoms with E-state index in [0.29, 0.717) is 31.6 Å². The molecule has 0 spiro atoms. The number of hydrogen-bond acceptors (Lipinski definition) is 7. The van der Waals surface area contributed by atoms with Gasteiger partial charge in [-0.1, -0.05) is 11.2 Å². The van der Waals surface area contributed by atoms with Crippen LogP contribution in [0.1, 0.15) is 35.2 Å². The molecule has 0 aliphatic carbocycles. The Balaban J connectivity index is 1.66. The van der Waals surface area contributed by atoms with Gasteiger partial charge in [-0.15, -0.1) is 11.3 Å². The van der Waals surface area contributed by atoms with Gasteiger partial charge in [0, 0.05) is 24.5 Å². The molecule has 3 rings (SSSR count). The van der Waals surface area contributed by atoms with Crippen molar-refractivity contribution >= 4 is 27.3 Å². The molecular weight excluding hydrogens is 412 g/mol. The number of likely N-dealkylation sites (N-methyl/N-ethyl adjacent to an activating group) is 1. The highest BCUT2D eigenvalue weighted by Gasteiger charge is 2.36. The van der Waals surface area contributed by atoms with E-state index in [0.717, 1.165) is 0 Å². The molecule has 1 N–H and O–H groups in total. The Labute approximate surface area is 175 Å². The minimum atomic E-state index is -3.74. The number of amides is 1. The number of nitrogens with one attached hydrogen (secondary N) is 1. The van der Waals surface area contributed by atoms with Gasteiger partial charge in [0.2, 0.25) is 15.9 Å². The van der Waals surface area contributed by atoms with E-state index >= 15 is 0 Å². The summed E-state index contributed by atoms with van der Waals surface area (Å²) in [6, 6.07) is 4.14. The van der Waals surface area contributed by atoms with E-state index in [9.17, 15) is 13.2 Å². The molecule has 3 heterocycles. The molecule has 29 heavy (non-hydrogen) atoms. The third-order valence-corrected chi connectivity index (χ3v) is 8.37. The van der Waals surface area contributed by atoms with Crippen LogP contribution in [-0.2, 0) is 14.8 Å². The average molecular weight is 441 g/mol. The number of aromatic nitrogens is 1. The van der Waals surface area contributed by atoms with E-state index in [2.05, 4.69) is 21.4 Å². The fraction of sp³-hybridized carbons (Fsp3) is 0.579. The number of piperidine rings is 1. The summed E-state index contributed by atoms with van der Waals surface area (Å²) in [5.74, 6) is -0.198. The molecule has 0 saturated carbocycles. The molecule has 160 valence electrons. The van der Waals surface area contributed by atoms with Crippen molar-refractivity contribution < 1.29 is 17.7 Å². The maximum absolute atomic E-state index is 13.1. The number of carbonyl (C=O) groups is 1. The number of aryl methyl sites for hydroxylation is 2. The van der Waals surface area contributed by atoms with Crippen molar-refractivity contribution in [3.8, 4) is 0 Å². The van der Waals surface area contributed by atoms with Crippen LogP contribution in [0, 0.1) is 19.8 Å². The molecule has 10 heteroatoms. The summed E-state index contributed by atoms with van der Waals surface area (Å²) >= 11 is 1.66. The van der Waals surface area contributed by atoms with Gasteiger partial charge >= 0.3 is 0 Å². The lowest BCUT2D eigenvalue weighted by Gasteiger charge is -2.32. The number of hydrogen-bond donors (Lipinski definition) is 1. The van der Waals surface area contributed by atoms with Crippen molar-refractivity contribution in [2.75, 3.05) is 33.7 Å². The number of nitrogens with zero attached hydrogens (tertiary/aromatic N) is 3. The first kappa shape index (κ1) is 21.9. The molecule has 1 aliphatic rings. The van der Waals surface area contributed by atoms with Gasteiger partial charge < -0.3 is 14.7 Å². The van der Waals surface area contributed by atoms with Crippen molar-refractivity contribution in [1.82, 2.24) is 19.7 Å². The quantitative estimate of drug-likeness (QED) is 0.709. The molecule has 8 nitrogen and oxygen atoms in total. The predicted octanol–water partition coefficient (Wildman–Crippen LogP) is 2.17. The molecule has 2 aromatic rings. The highest BCUT2D eigenvalue weighted by atomic mass is 32.2. The summed E-state index contributed by atoms with van der Waals surface area (Å²) in [6.07, 6.45) is 1.31. The zero-order valence-electron chi connectivity index (χ0n) is 17.2. The molecule has 1 saturated heterocycles. The summed E-state index contributed by atoms with van der Waals surface area (Å²) in [4.78, 5) is 16.2. The van der Waals surface area contributed by atoms with E-state index in [1.807, 2.05) is 25.5 Å². The van der Waals surface area contributed by atoms with E-state index in [-0.39, 0.29) is 35.1 Å². The van der Waals surface area contributed by atoms with Gasteiger partial charge in [-0.25, -0.2) is 8.42 Å². The van der Waals surface area contributed by atoms with Crippen molar-refractivity contribution in [2.45, 2.75) is 37.6 Å². The maximum Gasteiger partial charge on any atom is 0.248 e. The first-order valence-electron chi connectivity index (χ1n) is 9.62. The van der Waals surface area contributed by atoms with Crippen LogP contribution in [0.2, 0.25) is 0 Å². The van der Waals surface area contributed by atoms with Crippen molar-refractivity contribution in [3.05, 3.63) is 33.8 Å². The second kappa shape index (κ2) is 8.95. The predicted molar refractivity (Wildman–Crippen MR) is 111 cm³/mol. The Kier molecular flexibility index (Phi) is 6.77. The zero-order chi connectivity index (χ0) is 21.2. The summed E-state index contributed by atoms with van der Waals surface area (Å²) in [6.45, 7) is 4.26. The van der Waals surface area contributed by atoms with Gasteiger partial charge in [-0.3, -0.25) is 4.79 Å². The van der Waals surface area contributed by atoms with Gasteiger partial charge in [-0.05, 0) is 52.2 Å². The first-order valence-corrected chi connectivity index (χ1v) is 11.9. The van der Waals surface area contributed by atoms with Gasteiger partial charge in [0.15, 0.2) is 5.76 Å². The van der Waals surface area contributed by atoms with Crippen LogP contribution in [0.15, 0.2) is 26.9 Å². The summed E-state index contributed by atoms with van der Waals surface area (Å²) < 4.78 is 32.5. The normalized spacial score (nSPS) is 19.4. The maximum atomic E-state index is 13.1. The van der Waals surface area contributed by atoms with Crippen LogP contribution in [0.5, 0.6) is 0 Å². The fourth-order valence-corrected chi connectivity index (χ4v) is 6.44. The number of thiophene rings is 1. The Morgan fingerprint density at radius 2 is 2.21 bits per heavy atom. The largest absolute Gasteiger partial charge is 0.360 e. The lowest BCUT2D eigenvalue weighted by molar-refractivity contribution is -0.126. The Morgan fingerprint density at radius 1 is 1.45 bits per heavy atom. The van der Waals surface area contributed by atoms with Crippen molar-refractivity contribution in [3.63, 3.8) is 0 Å². The van der Waals surface area contributed by atoms with Crippen LogP contribution < -0.4 is 5.32 Å². The molecular formula is C19H28N4O4S2. The SMILES string of the molecule is Cc1noc(C)c1S(=O)(=O)N1CCCC(C(=O)NCC(c2cccs2)N(C)C)C1. The van der Waals surface area contributed by atoms with E-state index < -0.39 is 10.0 Å². The average Bonchev–Trinajstić information content (AvgIpc) is 3.31. The molecule has 0 aromatic carbocycles. The van der Waals surface area contributed by atoms with Gasteiger partial charge in [0.25, 0.3) is 0 Å². The fourth-order valence-electron chi connectivity index (χ4n) is 3.71. The minimum Gasteiger partial charge on any atom is -0.360 e. The third kappa shape index (κ3) is 4.71. The monoisotopic (exact) mass is 440 g/mol. The Hall–Kier alpha value is -1.75. The van der Waals surface area contributed by atoms with Gasteiger partial charge in [0.1, 0.15) is 10.6 Å². The summed E-state index contributed by atoms with van der Waals surface area (Å²) in [7, 11) is 0.226. The van der Waals surface area contributed by atoms with Crippen molar-refractivity contribution in [1.29, 1.82) is 0 Å². The smallest absolute Gasteiger partial charge is 0.248 e. The molecule has 1 aliphatic heterocycles. The number of sulfonamides is 1. The van der Waals surface area contributed by atoms with Crippen molar-refractivity contribution in [2.24, 2.45) is 5.92 Å². The summed E-state index contributed by atoms with van der Waals surface area (Å²) in [5, 5.41) is 8.80. The van der Waals surface area contributed by atoms with Crippen LogP contribution in [0.3, 0.4) is 0 Å². The summed E-state index contributed by atoms with van der Waals surface area (Å²) in [5.41, 5.74) is 0.346. The molecule has 2 aromatic heterocycles. The van der Waals surface area contributed by atoms with Crippen LogP contribution in [-0.4, -0.2) is 62.4 Å². The first-order chi connectivity index (χ1) is 13.7. The molecule has 0 radical (unpaired) electrons. The van der Waals surface area contributed by atoms with Gasteiger partial charge in [-0.2, -0.15) is 4.31 Å². The third-order valence-electron chi connectivity index (χ3n) is 5.29. The van der Waals surface area contributed by atoms with E-state index in [4.69, 9.17) is 4.52 Å². The van der Waals surface area contributed by atoms with E-state index in [1.54, 1.807) is 25.2 Å². The standard InChI is InChI=1S/C19H28N4O4S2/c1-13-18(14(2)27-21-13)29(25,26)23-9-5-7-15(12-23)19(24)20-11-16(22(3)4)17-8-6-10-28-17/h6,8,10,15-16H,5,7,9,11-12H2,1-4H3,(H,20,24).